The van der Waals surface area contributed by atoms with E-state index in [2.05, 4.69) is 34.7 Å². The number of rotatable bonds is 5. The molecule has 2 aromatic carbocycles. The Morgan fingerprint density at radius 1 is 1.06 bits per heavy atom. The lowest BCUT2D eigenvalue weighted by molar-refractivity contribution is 0.459. The standard InChI is InChI=1S/C26H27N5O3S/c1-16-13-20(5-6-22(16)17-7-10-28-11-8-17)30-25-24-19(9-12-29-26(24)32)15-23(31-25)18-3-2-4-21(14-18)35(27,33)34/h2-6,9,12-15,17,28H,7-8,10-11H2,1H3,(H,29,32)(H,30,31)(H2,27,33,34). The number of nitrogens with zero attached hydrogens (tertiary/aromatic N) is 1. The SMILES string of the molecule is Cc1cc(Nc2nc(-c3cccc(S(N)(=O)=O)c3)cc3cc[nH]c(=O)c23)ccc1C1CCNCC1. The smallest absolute Gasteiger partial charge is 0.259 e. The van der Waals surface area contributed by atoms with Crippen LogP contribution in [-0.4, -0.2) is 31.5 Å². The fourth-order valence-electron chi connectivity index (χ4n) is 4.77. The van der Waals surface area contributed by atoms with Gasteiger partial charge in [-0.25, -0.2) is 18.5 Å². The molecule has 0 unspecified atom stereocenters. The highest BCUT2D eigenvalue weighted by molar-refractivity contribution is 7.89. The Bertz CT molecular complexity index is 1570. The van der Waals surface area contributed by atoms with Crippen LogP contribution < -0.4 is 21.3 Å². The van der Waals surface area contributed by atoms with Crippen LogP contribution in [0.5, 0.6) is 0 Å². The van der Waals surface area contributed by atoms with Gasteiger partial charge in [-0.3, -0.25) is 4.79 Å². The van der Waals surface area contributed by atoms with Crippen LogP contribution in [0.4, 0.5) is 11.5 Å². The predicted octanol–water partition coefficient (Wildman–Crippen LogP) is 3.76. The number of benzene rings is 2. The Labute approximate surface area is 203 Å². The van der Waals surface area contributed by atoms with Crippen LogP contribution in [0, 0.1) is 6.92 Å². The first-order chi connectivity index (χ1) is 16.8. The molecule has 0 amide bonds. The number of nitrogens with two attached hydrogens (primary N) is 1. The van der Waals surface area contributed by atoms with Crippen molar-refractivity contribution < 1.29 is 8.42 Å². The van der Waals surface area contributed by atoms with E-state index in [9.17, 15) is 13.2 Å². The van der Waals surface area contributed by atoms with Crippen molar-refractivity contribution in [3.05, 3.63) is 82.3 Å². The van der Waals surface area contributed by atoms with Gasteiger partial charge in [0.1, 0.15) is 5.82 Å². The highest BCUT2D eigenvalue weighted by atomic mass is 32.2. The number of H-pyrrole nitrogens is 1. The number of hydrogen-bond acceptors (Lipinski definition) is 6. The van der Waals surface area contributed by atoms with Crippen LogP contribution in [-0.2, 0) is 10.0 Å². The second-order valence-electron chi connectivity index (χ2n) is 8.92. The summed E-state index contributed by atoms with van der Waals surface area (Å²) in [5.41, 5.74) is 4.22. The van der Waals surface area contributed by atoms with Crippen LogP contribution in [0.25, 0.3) is 22.0 Å². The molecule has 0 atom stereocenters. The summed E-state index contributed by atoms with van der Waals surface area (Å²) in [5.74, 6) is 0.941. The van der Waals surface area contributed by atoms with Crippen molar-refractivity contribution in [2.75, 3.05) is 18.4 Å². The lowest BCUT2D eigenvalue weighted by atomic mass is 9.87. The number of nitrogens with one attached hydrogen (secondary N) is 3. The van der Waals surface area contributed by atoms with E-state index in [1.165, 1.54) is 23.3 Å². The Hall–Kier alpha value is -3.53. The molecule has 35 heavy (non-hydrogen) atoms. The molecule has 0 aliphatic carbocycles. The molecule has 5 N–H and O–H groups in total. The number of pyridine rings is 2. The Morgan fingerprint density at radius 2 is 1.86 bits per heavy atom. The third-order valence-corrected chi connectivity index (χ3v) is 7.44. The first-order valence-corrected chi connectivity index (χ1v) is 13.1. The molecule has 2 aromatic heterocycles. The number of aryl methyl sites for hydroxylation is 1. The van der Waals surface area contributed by atoms with Gasteiger partial charge in [0.15, 0.2) is 0 Å². The summed E-state index contributed by atoms with van der Waals surface area (Å²) in [6.45, 7) is 4.17. The quantitative estimate of drug-likeness (QED) is 0.338. The zero-order chi connectivity index (χ0) is 24.6. The van der Waals surface area contributed by atoms with Gasteiger partial charge in [0.2, 0.25) is 10.0 Å². The van der Waals surface area contributed by atoms with Crippen LogP contribution in [0.3, 0.4) is 0 Å². The lowest BCUT2D eigenvalue weighted by Gasteiger charge is -2.25. The molecule has 1 saturated heterocycles. The second kappa shape index (κ2) is 9.26. The second-order valence-corrected chi connectivity index (χ2v) is 10.5. The Morgan fingerprint density at radius 3 is 2.60 bits per heavy atom. The van der Waals surface area contributed by atoms with Crippen molar-refractivity contribution in [3.8, 4) is 11.3 Å². The van der Waals surface area contributed by atoms with Crippen molar-refractivity contribution >= 4 is 32.3 Å². The van der Waals surface area contributed by atoms with Gasteiger partial charge < -0.3 is 15.6 Å². The molecule has 1 fully saturated rings. The van der Waals surface area contributed by atoms with Gasteiger partial charge in [0, 0.05) is 17.4 Å². The molecule has 0 radical (unpaired) electrons. The molecule has 0 saturated carbocycles. The zero-order valence-electron chi connectivity index (χ0n) is 19.3. The van der Waals surface area contributed by atoms with Gasteiger partial charge >= 0.3 is 0 Å². The van der Waals surface area contributed by atoms with E-state index in [0.717, 1.165) is 31.6 Å². The molecule has 180 valence electrons. The molecule has 0 spiro atoms. The summed E-state index contributed by atoms with van der Waals surface area (Å²) < 4.78 is 23.7. The topological polar surface area (TPSA) is 130 Å². The van der Waals surface area contributed by atoms with E-state index < -0.39 is 10.0 Å². The van der Waals surface area contributed by atoms with Crippen molar-refractivity contribution in [3.63, 3.8) is 0 Å². The monoisotopic (exact) mass is 489 g/mol. The van der Waals surface area contributed by atoms with Crippen LogP contribution in [0.2, 0.25) is 0 Å². The van der Waals surface area contributed by atoms with Crippen LogP contribution in [0.1, 0.15) is 29.9 Å². The summed E-state index contributed by atoms with van der Waals surface area (Å²) in [7, 11) is -3.86. The van der Waals surface area contributed by atoms with E-state index in [1.807, 2.05) is 6.07 Å². The molecule has 5 rings (SSSR count). The number of sulfonamides is 1. The maximum atomic E-state index is 12.7. The first kappa shape index (κ1) is 23.2. The molecule has 1 aliphatic rings. The molecule has 3 heterocycles. The van der Waals surface area contributed by atoms with Crippen LogP contribution >= 0.6 is 0 Å². The van der Waals surface area contributed by atoms with E-state index in [1.54, 1.807) is 30.5 Å². The minimum atomic E-state index is -3.86. The number of primary sulfonamides is 1. The van der Waals surface area contributed by atoms with E-state index in [-0.39, 0.29) is 10.5 Å². The molecule has 4 aromatic rings. The van der Waals surface area contributed by atoms with Crippen LogP contribution in [0.15, 0.2) is 70.5 Å². The first-order valence-electron chi connectivity index (χ1n) is 11.5. The molecule has 8 nitrogen and oxygen atoms in total. The number of aromatic amines is 1. The normalized spacial score (nSPS) is 14.8. The summed E-state index contributed by atoms with van der Waals surface area (Å²) in [4.78, 5) is 20.1. The fraction of sp³-hybridized carbons (Fsp3) is 0.231. The highest BCUT2D eigenvalue weighted by Gasteiger charge is 2.18. The molecular weight excluding hydrogens is 462 g/mol. The van der Waals surface area contributed by atoms with Gasteiger partial charge in [0.25, 0.3) is 5.56 Å². The zero-order valence-corrected chi connectivity index (χ0v) is 20.2. The number of anilines is 2. The average Bonchev–Trinajstić information content (AvgIpc) is 2.84. The van der Waals surface area contributed by atoms with E-state index >= 15 is 0 Å². The van der Waals surface area contributed by atoms with E-state index in [4.69, 9.17) is 10.1 Å². The van der Waals surface area contributed by atoms with Crippen molar-refractivity contribution in [2.45, 2.75) is 30.6 Å². The van der Waals surface area contributed by atoms with Crippen molar-refractivity contribution in [1.82, 2.24) is 15.3 Å². The summed E-state index contributed by atoms with van der Waals surface area (Å²) in [6, 6.07) is 16.1. The maximum absolute atomic E-state index is 12.7. The fourth-order valence-corrected chi connectivity index (χ4v) is 5.33. The van der Waals surface area contributed by atoms with Gasteiger partial charge in [0.05, 0.1) is 16.0 Å². The Kier molecular flexibility index (Phi) is 6.14. The van der Waals surface area contributed by atoms with E-state index in [0.29, 0.717) is 33.8 Å². The van der Waals surface area contributed by atoms with Gasteiger partial charge in [-0.05, 0) is 91.7 Å². The third kappa shape index (κ3) is 4.84. The number of piperidine rings is 1. The summed E-state index contributed by atoms with van der Waals surface area (Å²) >= 11 is 0. The van der Waals surface area contributed by atoms with Gasteiger partial charge in [-0.1, -0.05) is 18.2 Å². The lowest BCUT2D eigenvalue weighted by Crippen LogP contribution is -2.26. The maximum Gasteiger partial charge on any atom is 0.259 e. The largest absolute Gasteiger partial charge is 0.340 e. The number of fused-ring (bicyclic) bond motifs is 1. The molecular formula is C26H27N5O3S. The minimum Gasteiger partial charge on any atom is -0.340 e. The van der Waals surface area contributed by atoms with Gasteiger partial charge in [-0.2, -0.15) is 0 Å². The van der Waals surface area contributed by atoms with Crippen molar-refractivity contribution in [1.29, 1.82) is 0 Å². The third-order valence-electron chi connectivity index (χ3n) is 6.52. The number of hydrogen-bond donors (Lipinski definition) is 4. The predicted molar refractivity (Wildman–Crippen MR) is 138 cm³/mol. The van der Waals surface area contributed by atoms with Gasteiger partial charge in [-0.15, -0.1) is 0 Å². The highest BCUT2D eigenvalue weighted by Crippen LogP contribution is 2.32. The Balaban J connectivity index is 1.57. The molecule has 9 heteroatoms. The van der Waals surface area contributed by atoms with Crippen molar-refractivity contribution in [2.24, 2.45) is 5.14 Å². The number of aromatic nitrogens is 2. The molecule has 1 aliphatic heterocycles. The molecule has 0 bridgehead atoms. The summed E-state index contributed by atoms with van der Waals surface area (Å²) in [6.07, 6.45) is 3.82. The minimum absolute atomic E-state index is 0.00133. The average molecular weight is 490 g/mol. The summed E-state index contributed by atoms with van der Waals surface area (Å²) in [5, 5.41) is 13.2.